The number of amides is 2. The Labute approximate surface area is 122 Å². The van der Waals surface area contributed by atoms with Gasteiger partial charge in [0.05, 0.1) is 23.8 Å². The van der Waals surface area contributed by atoms with Gasteiger partial charge in [-0.2, -0.15) is 0 Å². The number of nitrogens with one attached hydrogen (secondary N) is 2. The van der Waals surface area contributed by atoms with Crippen LogP contribution in [0.1, 0.15) is 35.2 Å². The first-order valence-electron chi connectivity index (χ1n) is 7.10. The lowest BCUT2D eigenvalue weighted by molar-refractivity contribution is 0.0696. The molecule has 2 fully saturated rings. The van der Waals surface area contributed by atoms with Gasteiger partial charge in [-0.15, -0.1) is 0 Å². The number of benzene rings is 1. The average molecular weight is 290 g/mol. The van der Waals surface area contributed by atoms with Crippen molar-refractivity contribution in [2.24, 2.45) is 0 Å². The van der Waals surface area contributed by atoms with E-state index in [1.54, 1.807) is 19.1 Å². The summed E-state index contributed by atoms with van der Waals surface area (Å²) in [5.74, 6) is -0.978. The van der Waals surface area contributed by atoms with Gasteiger partial charge < -0.3 is 20.5 Å². The molecule has 2 aliphatic heterocycles. The molecule has 3 N–H and O–H groups in total. The van der Waals surface area contributed by atoms with Gasteiger partial charge in [0.15, 0.2) is 0 Å². The lowest BCUT2D eigenvalue weighted by atomic mass is 9.96. The van der Waals surface area contributed by atoms with Crippen LogP contribution < -0.4 is 10.6 Å². The highest BCUT2D eigenvalue weighted by molar-refractivity contribution is 5.92. The molecule has 2 aliphatic rings. The number of anilines is 1. The number of rotatable bonds is 3. The summed E-state index contributed by atoms with van der Waals surface area (Å²) >= 11 is 0. The van der Waals surface area contributed by atoms with E-state index in [2.05, 4.69) is 10.6 Å². The molecule has 3 unspecified atom stereocenters. The summed E-state index contributed by atoms with van der Waals surface area (Å²) in [6, 6.07) is 4.42. The number of aryl methyl sites for hydroxylation is 1. The van der Waals surface area contributed by atoms with Gasteiger partial charge in [-0.25, -0.2) is 9.59 Å². The molecule has 6 nitrogen and oxygen atoms in total. The van der Waals surface area contributed by atoms with Crippen molar-refractivity contribution in [1.82, 2.24) is 5.32 Å². The van der Waals surface area contributed by atoms with Crippen molar-refractivity contribution < 1.29 is 19.4 Å². The summed E-state index contributed by atoms with van der Waals surface area (Å²) < 4.78 is 5.69. The molecule has 6 heteroatoms. The van der Waals surface area contributed by atoms with Gasteiger partial charge in [0, 0.05) is 5.69 Å². The van der Waals surface area contributed by atoms with Crippen molar-refractivity contribution in [1.29, 1.82) is 0 Å². The van der Waals surface area contributed by atoms with Crippen molar-refractivity contribution in [2.45, 2.75) is 44.4 Å². The van der Waals surface area contributed by atoms with Crippen LogP contribution in [0, 0.1) is 6.92 Å². The van der Waals surface area contributed by atoms with E-state index >= 15 is 0 Å². The van der Waals surface area contributed by atoms with Crippen LogP contribution in [-0.2, 0) is 4.74 Å². The molecule has 0 aromatic heterocycles. The summed E-state index contributed by atoms with van der Waals surface area (Å²) in [5.41, 5.74) is 1.54. The molecule has 21 heavy (non-hydrogen) atoms. The fraction of sp³-hybridized carbons (Fsp3) is 0.467. The maximum atomic E-state index is 12.0. The predicted octanol–water partition coefficient (Wildman–Crippen LogP) is 2.13. The highest BCUT2D eigenvalue weighted by Gasteiger charge is 2.41. The largest absolute Gasteiger partial charge is 0.478 e. The Kier molecular flexibility index (Phi) is 3.55. The fourth-order valence-corrected chi connectivity index (χ4v) is 3.05. The van der Waals surface area contributed by atoms with Gasteiger partial charge >= 0.3 is 12.0 Å². The molecule has 0 saturated carbocycles. The van der Waals surface area contributed by atoms with Crippen LogP contribution in [0.5, 0.6) is 0 Å². The Morgan fingerprint density at radius 3 is 2.71 bits per heavy atom. The van der Waals surface area contributed by atoms with E-state index in [-0.39, 0.29) is 29.8 Å². The van der Waals surface area contributed by atoms with Gasteiger partial charge in [0.25, 0.3) is 0 Å². The van der Waals surface area contributed by atoms with Crippen LogP contribution in [0.25, 0.3) is 0 Å². The molecule has 0 spiro atoms. The molecular formula is C15H18N2O4. The molecule has 2 amide bonds. The van der Waals surface area contributed by atoms with Crippen LogP contribution >= 0.6 is 0 Å². The second kappa shape index (κ2) is 5.37. The number of ether oxygens (including phenoxy) is 1. The monoisotopic (exact) mass is 290 g/mol. The zero-order valence-electron chi connectivity index (χ0n) is 11.8. The van der Waals surface area contributed by atoms with Crippen LogP contribution in [0.2, 0.25) is 0 Å². The first-order valence-corrected chi connectivity index (χ1v) is 7.10. The molecule has 112 valence electrons. The summed E-state index contributed by atoms with van der Waals surface area (Å²) in [7, 11) is 0. The Hall–Kier alpha value is -2.08. The molecule has 2 heterocycles. The summed E-state index contributed by atoms with van der Waals surface area (Å²) in [6.45, 7) is 1.77. The highest BCUT2D eigenvalue weighted by Crippen LogP contribution is 2.34. The first-order chi connectivity index (χ1) is 10.0. The number of carboxylic acid groups (broad SMARTS) is 1. The van der Waals surface area contributed by atoms with E-state index < -0.39 is 5.97 Å². The zero-order valence-corrected chi connectivity index (χ0v) is 11.8. The number of hydrogen-bond acceptors (Lipinski definition) is 3. The molecule has 1 aromatic rings. The zero-order chi connectivity index (χ0) is 15.0. The number of carbonyl (C=O) groups excluding carboxylic acids is 1. The van der Waals surface area contributed by atoms with Crippen molar-refractivity contribution in [2.75, 3.05) is 5.32 Å². The quantitative estimate of drug-likeness (QED) is 0.795. The molecular weight excluding hydrogens is 272 g/mol. The maximum absolute atomic E-state index is 12.0. The van der Waals surface area contributed by atoms with Crippen LogP contribution in [-0.4, -0.2) is 35.4 Å². The third-order valence-corrected chi connectivity index (χ3v) is 4.14. The number of aromatic carboxylic acids is 1. The second-order valence-electron chi connectivity index (χ2n) is 5.65. The van der Waals surface area contributed by atoms with E-state index in [4.69, 9.17) is 9.84 Å². The standard InChI is InChI=1S/C15H18N2O4/c1-8-6-9(14(18)19)2-4-11(8)16-15(20)17-12-7-10-3-5-13(12)21-10/h2,4,6,10,12-13H,3,5,7H2,1H3,(H,18,19)(H2,16,17,20). The lowest BCUT2D eigenvalue weighted by Crippen LogP contribution is -2.43. The van der Waals surface area contributed by atoms with Gasteiger partial charge in [-0.1, -0.05) is 0 Å². The van der Waals surface area contributed by atoms with Crippen LogP contribution in [0.3, 0.4) is 0 Å². The number of hydrogen-bond donors (Lipinski definition) is 3. The second-order valence-corrected chi connectivity index (χ2v) is 5.65. The molecule has 3 atom stereocenters. The third-order valence-electron chi connectivity index (χ3n) is 4.14. The van der Waals surface area contributed by atoms with Crippen molar-refractivity contribution >= 4 is 17.7 Å². The van der Waals surface area contributed by atoms with Crippen molar-refractivity contribution in [3.05, 3.63) is 29.3 Å². The Morgan fingerprint density at radius 1 is 1.33 bits per heavy atom. The first kappa shape index (κ1) is 13.9. The Balaban J connectivity index is 1.61. The topological polar surface area (TPSA) is 87.7 Å². The summed E-state index contributed by atoms with van der Waals surface area (Å²) in [5, 5.41) is 14.6. The van der Waals surface area contributed by atoms with E-state index in [0.717, 1.165) is 19.3 Å². The van der Waals surface area contributed by atoms with E-state index in [1.165, 1.54) is 6.07 Å². The molecule has 2 bridgehead atoms. The number of carboxylic acids is 1. The van der Waals surface area contributed by atoms with Gasteiger partial charge in [0.2, 0.25) is 0 Å². The highest BCUT2D eigenvalue weighted by atomic mass is 16.5. The van der Waals surface area contributed by atoms with E-state index in [1.807, 2.05) is 0 Å². The van der Waals surface area contributed by atoms with Crippen LogP contribution in [0.15, 0.2) is 18.2 Å². The summed E-state index contributed by atoms with van der Waals surface area (Å²) in [4.78, 5) is 22.9. The van der Waals surface area contributed by atoms with Gasteiger partial charge in [-0.3, -0.25) is 0 Å². The minimum atomic E-state index is -0.978. The van der Waals surface area contributed by atoms with Crippen molar-refractivity contribution in [3.63, 3.8) is 0 Å². The van der Waals surface area contributed by atoms with E-state index in [9.17, 15) is 9.59 Å². The van der Waals surface area contributed by atoms with Crippen LogP contribution in [0.4, 0.5) is 10.5 Å². The predicted molar refractivity (Wildman–Crippen MR) is 76.6 cm³/mol. The smallest absolute Gasteiger partial charge is 0.335 e. The van der Waals surface area contributed by atoms with Gasteiger partial charge in [0.1, 0.15) is 0 Å². The average Bonchev–Trinajstić information content (AvgIpc) is 3.03. The number of urea groups is 1. The number of carbonyl (C=O) groups is 2. The molecule has 2 saturated heterocycles. The summed E-state index contributed by atoms with van der Waals surface area (Å²) in [6.07, 6.45) is 3.38. The maximum Gasteiger partial charge on any atom is 0.335 e. The Bertz CT molecular complexity index is 587. The molecule has 0 aliphatic carbocycles. The minimum Gasteiger partial charge on any atom is -0.478 e. The van der Waals surface area contributed by atoms with Crippen molar-refractivity contribution in [3.8, 4) is 0 Å². The van der Waals surface area contributed by atoms with E-state index in [0.29, 0.717) is 11.3 Å². The number of fused-ring (bicyclic) bond motifs is 2. The lowest BCUT2D eigenvalue weighted by Gasteiger charge is -2.20. The Morgan fingerprint density at radius 2 is 2.14 bits per heavy atom. The molecule has 0 radical (unpaired) electrons. The van der Waals surface area contributed by atoms with Gasteiger partial charge in [-0.05, 0) is 49.9 Å². The third kappa shape index (κ3) is 2.85. The molecule has 3 rings (SSSR count). The normalized spacial score (nSPS) is 26.6. The molecule has 1 aromatic carbocycles. The SMILES string of the molecule is Cc1cc(C(=O)O)ccc1NC(=O)NC1CC2CCC1O2. The fourth-order valence-electron chi connectivity index (χ4n) is 3.05. The minimum absolute atomic E-state index is 0.0716.